The van der Waals surface area contributed by atoms with E-state index in [1.54, 1.807) is 6.07 Å². The van der Waals surface area contributed by atoms with Crippen molar-refractivity contribution in [3.63, 3.8) is 0 Å². The third-order valence-electron chi connectivity index (χ3n) is 5.19. The number of hydrogen-bond acceptors (Lipinski definition) is 4. The maximum atomic E-state index is 12.7. The zero-order valence-electron chi connectivity index (χ0n) is 14.0. The first-order valence-electron chi connectivity index (χ1n) is 8.69. The molecule has 1 aromatic heterocycles. The quantitative estimate of drug-likeness (QED) is 0.871. The van der Waals surface area contributed by atoms with Crippen LogP contribution in [0, 0.1) is 12.8 Å². The Morgan fingerprint density at radius 1 is 1.21 bits per heavy atom. The van der Waals surface area contributed by atoms with Crippen molar-refractivity contribution < 1.29 is 9.32 Å². The highest BCUT2D eigenvalue weighted by molar-refractivity contribution is 5.92. The number of aryl methyl sites for hydroxylation is 1. The third-order valence-corrected chi connectivity index (χ3v) is 5.19. The molecule has 24 heavy (non-hydrogen) atoms. The highest BCUT2D eigenvalue weighted by Crippen LogP contribution is 2.29. The van der Waals surface area contributed by atoms with E-state index in [2.05, 4.69) is 40.4 Å². The number of carbonyl (C=O) groups excluding carboxylic acids is 1. The van der Waals surface area contributed by atoms with Crippen LogP contribution in [-0.4, -0.2) is 46.5 Å². The van der Waals surface area contributed by atoms with Gasteiger partial charge < -0.3 is 9.42 Å². The molecule has 3 fully saturated rings. The van der Waals surface area contributed by atoms with Crippen LogP contribution < -0.4 is 0 Å². The second-order valence-electron chi connectivity index (χ2n) is 7.05. The van der Waals surface area contributed by atoms with Crippen LogP contribution in [0.25, 0.3) is 0 Å². The molecule has 5 rings (SSSR count). The number of nitrogens with zero attached hydrogens (tertiary/aromatic N) is 3. The van der Waals surface area contributed by atoms with Crippen molar-refractivity contribution >= 4 is 5.91 Å². The second kappa shape index (κ2) is 6.40. The van der Waals surface area contributed by atoms with Crippen molar-refractivity contribution in [2.24, 2.45) is 5.92 Å². The summed E-state index contributed by atoms with van der Waals surface area (Å²) >= 11 is 0. The lowest BCUT2D eigenvalue weighted by Gasteiger charge is -2.36. The van der Waals surface area contributed by atoms with Crippen molar-refractivity contribution in [3.05, 3.63) is 53.4 Å². The van der Waals surface area contributed by atoms with Crippen molar-refractivity contribution in [3.8, 4) is 0 Å². The summed E-state index contributed by atoms with van der Waals surface area (Å²) in [7, 11) is 0. The van der Waals surface area contributed by atoms with Crippen LogP contribution in [0.2, 0.25) is 0 Å². The third kappa shape index (κ3) is 3.08. The predicted octanol–water partition coefficient (Wildman–Crippen LogP) is 2.72. The number of aromatic nitrogens is 1. The van der Waals surface area contributed by atoms with Gasteiger partial charge in [-0.05, 0) is 31.2 Å². The van der Waals surface area contributed by atoms with Gasteiger partial charge in [-0.3, -0.25) is 9.69 Å². The van der Waals surface area contributed by atoms with Crippen LogP contribution in [0.3, 0.4) is 0 Å². The summed E-state index contributed by atoms with van der Waals surface area (Å²) < 4.78 is 5.07. The fourth-order valence-electron chi connectivity index (χ4n) is 3.99. The lowest BCUT2D eigenvalue weighted by atomic mass is 9.94. The van der Waals surface area contributed by atoms with Crippen LogP contribution in [0.1, 0.15) is 34.7 Å². The van der Waals surface area contributed by atoms with Gasteiger partial charge in [0.25, 0.3) is 5.91 Å². The first-order valence-corrected chi connectivity index (χ1v) is 8.69. The maximum absolute atomic E-state index is 12.7. The Bertz CT molecular complexity index is 712. The Labute approximate surface area is 142 Å². The van der Waals surface area contributed by atoms with Gasteiger partial charge in [0.1, 0.15) is 5.76 Å². The Hall–Kier alpha value is -2.14. The van der Waals surface area contributed by atoms with Crippen LogP contribution in [0.4, 0.5) is 0 Å². The van der Waals surface area contributed by atoms with Crippen molar-refractivity contribution in [2.75, 3.05) is 19.6 Å². The largest absolute Gasteiger partial charge is 0.361 e. The summed E-state index contributed by atoms with van der Waals surface area (Å²) in [6.07, 6.45) is 2.37. The van der Waals surface area contributed by atoms with E-state index in [0.717, 1.165) is 26.2 Å². The topological polar surface area (TPSA) is 49.6 Å². The molecular formula is C19H23N3O2. The number of carbonyl (C=O) groups is 1. The van der Waals surface area contributed by atoms with Gasteiger partial charge in [0.2, 0.25) is 0 Å². The molecule has 126 valence electrons. The number of rotatable bonds is 3. The molecule has 1 aromatic carbocycles. The van der Waals surface area contributed by atoms with Crippen LogP contribution in [0.5, 0.6) is 0 Å². The van der Waals surface area contributed by atoms with E-state index >= 15 is 0 Å². The number of amides is 1. The van der Waals surface area contributed by atoms with E-state index in [1.807, 2.05) is 11.8 Å². The lowest BCUT2D eigenvalue weighted by molar-refractivity contribution is 0.0725. The van der Waals surface area contributed by atoms with Gasteiger partial charge in [0.05, 0.1) is 0 Å². The molecule has 0 radical (unpaired) electrons. The molecule has 3 saturated heterocycles. The molecular weight excluding hydrogens is 302 g/mol. The zero-order chi connectivity index (χ0) is 16.5. The van der Waals surface area contributed by atoms with Crippen molar-refractivity contribution in [1.29, 1.82) is 0 Å². The highest BCUT2D eigenvalue weighted by Gasteiger charge is 2.37. The van der Waals surface area contributed by atoms with Gasteiger partial charge in [-0.1, -0.05) is 35.5 Å². The molecule has 0 N–H and O–H groups in total. The molecule has 5 heteroatoms. The zero-order valence-corrected chi connectivity index (χ0v) is 14.0. The first kappa shape index (κ1) is 15.4. The van der Waals surface area contributed by atoms with E-state index in [1.165, 1.54) is 18.4 Å². The maximum Gasteiger partial charge on any atom is 0.276 e. The monoisotopic (exact) mass is 325 g/mol. The predicted molar refractivity (Wildman–Crippen MR) is 90.5 cm³/mol. The van der Waals surface area contributed by atoms with E-state index < -0.39 is 0 Å². The Morgan fingerprint density at radius 3 is 2.79 bits per heavy atom. The van der Waals surface area contributed by atoms with Gasteiger partial charge in [-0.15, -0.1) is 0 Å². The van der Waals surface area contributed by atoms with E-state index in [0.29, 0.717) is 23.4 Å². The summed E-state index contributed by atoms with van der Waals surface area (Å²) in [6, 6.07) is 12.8. The number of hydrogen-bond donors (Lipinski definition) is 0. The van der Waals surface area contributed by atoms with Crippen molar-refractivity contribution in [1.82, 2.24) is 15.0 Å². The summed E-state index contributed by atoms with van der Waals surface area (Å²) in [5.41, 5.74) is 1.78. The van der Waals surface area contributed by atoms with Crippen molar-refractivity contribution in [2.45, 2.75) is 32.4 Å². The van der Waals surface area contributed by atoms with Gasteiger partial charge in [0, 0.05) is 38.3 Å². The van der Waals surface area contributed by atoms with E-state index in [-0.39, 0.29) is 5.91 Å². The molecule has 0 spiro atoms. The Morgan fingerprint density at radius 2 is 2.04 bits per heavy atom. The lowest BCUT2D eigenvalue weighted by Crippen LogP contribution is -2.43. The number of fused-ring (bicyclic) bond motifs is 4. The minimum absolute atomic E-state index is 0.00492. The molecule has 3 aliphatic heterocycles. The summed E-state index contributed by atoms with van der Waals surface area (Å²) in [5, 5.41) is 3.90. The molecule has 4 heterocycles. The molecule has 2 aromatic rings. The minimum atomic E-state index is 0.00492. The first-order chi connectivity index (χ1) is 11.7. The SMILES string of the molecule is Cc1cc(C(=O)N2C[C@@H]3CC[C@H](C2)N(Cc2ccccc2)C3)no1. The molecule has 0 aliphatic carbocycles. The molecule has 3 aliphatic rings. The Kier molecular flexibility index (Phi) is 4.10. The van der Waals surface area contributed by atoms with Gasteiger partial charge in [-0.2, -0.15) is 0 Å². The van der Waals surface area contributed by atoms with Crippen LogP contribution in [0.15, 0.2) is 40.9 Å². The summed E-state index contributed by atoms with van der Waals surface area (Å²) in [6.45, 7) is 5.46. The summed E-state index contributed by atoms with van der Waals surface area (Å²) in [4.78, 5) is 17.3. The van der Waals surface area contributed by atoms with Gasteiger partial charge in [0.15, 0.2) is 5.69 Å². The summed E-state index contributed by atoms with van der Waals surface area (Å²) in [5.74, 6) is 1.23. The number of benzene rings is 1. The normalized spacial score (nSPS) is 24.1. The van der Waals surface area contributed by atoms with E-state index in [9.17, 15) is 4.79 Å². The number of piperidine rings is 1. The molecule has 0 unspecified atom stereocenters. The second-order valence-corrected chi connectivity index (χ2v) is 7.05. The standard InChI is InChI=1S/C19H23N3O2/c1-14-9-18(20-24-14)19(23)22-12-16-7-8-17(13-22)21(11-16)10-15-5-3-2-4-6-15/h2-6,9,16-17H,7-8,10-13H2,1H3/t16-,17-/m1/s1. The fourth-order valence-corrected chi connectivity index (χ4v) is 3.99. The average Bonchev–Trinajstić information content (AvgIpc) is 2.83. The van der Waals surface area contributed by atoms with Gasteiger partial charge in [-0.25, -0.2) is 0 Å². The molecule has 0 saturated carbocycles. The van der Waals surface area contributed by atoms with E-state index in [4.69, 9.17) is 4.52 Å². The fraction of sp³-hybridized carbons (Fsp3) is 0.474. The molecule has 5 nitrogen and oxygen atoms in total. The van der Waals surface area contributed by atoms with Crippen LogP contribution >= 0.6 is 0 Å². The van der Waals surface area contributed by atoms with Crippen LogP contribution in [-0.2, 0) is 6.54 Å². The highest BCUT2D eigenvalue weighted by atomic mass is 16.5. The molecule has 1 amide bonds. The van der Waals surface area contributed by atoms with Gasteiger partial charge >= 0.3 is 0 Å². The minimum Gasteiger partial charge on any atom is -0.361 e. The molecule has 2 atom stereocenters. The Balaban J connectivity index is 1.49. The average molecular weight is 325 g/mol. The smallest absolute Gasteiger partial charge is 0.276 e. The molecule has 2 bridgehead atoms.